The average Bonchev–Trinajstić information content (AvgIpc) is 3.86. The third kappa shape index (κ3) is 4.37. The molecule has 0 unspecified atom stereocenters. The fraction of sp³-hybridized carbons (Fsp3) is 0. The van der Waals surface area contributed by atoms with Crippen LogP contribution in [-0.2, 0) is 0 Å². The lowest BCUT2D eigenvalue weighted by Crippen LogP contribution is -2.00. The van der Waals surface area contributed by atoms with Crippen molar-refractivity contribution in [3.63, 3.8) is 0 Å². The molecule has 0 saturated carbocycles. The van der Waals surface area contributed by atoms with E-state index < -0.39 is 0 Å². The smallest absolute Gasteiger partial charge is 0.167 e. The lowest BCUT2D eigenvalue weighted by Gasteiger charge is -2.09. The van der Waals surface area contributed by atoms with Crippen LogP contribution in [0.15, 0.2) is 162 Å². The highest BCUT2D eigenvalue weighted by Crippen LogP contribution is 2.41. The number of thiophene rings is 1. The van der Waals surface area contributed by atoms with Crippen molar-refractivity contribution in [3.05, 3.63) is 158 Å². The molecule has 7 aromatic carbocycles. The van der Waals surface area contributed by atoms with E-state index in [4.69, 9.17) is 19.4 Å². The van der Waals surface area contributed by atoms with E-state index in [1.165, 1.54) is 25.6 Å². The molecule has 0 radical (unpaired) electrons. The fourth-order valence-electron chi connectivity index (χ4n) is 7.50. The molecule has 0 aliphatic carbocycles. The molecule has 0 amide bonds. The Hall–Kier alpha value is -6.63. The van der Waals surface area contributed by atoms with Crippen molar-refractivity contribution in [3.8, 4) is 39.9 Å². The van der Waals surface area contributed by atoms with Gasteiger partial charge in [-0.15, -0.1) is 11.3 Å². The molecule has 11 rings (SSSR count). The van der Waals surface area contributed by atoms with Gasteiger partial charge in [-0.1, -0.05) is 97.1 Å². The number of fused-ring (bicyclic) bond motifs is 9. The van der Waals surface area contributed by atoms with Crippen molar-refractivity contribution < 1.29 is 4.42 Å². The van der Waals surface area contributed by atoms with E-state index in [1.54, 1.807) is 11.3 Å². The van der Waals surface area contributed by atoms with Gasteiger partial charge in [-0.25, -0.2) is 15.0 Å². The third-order valence-electron chi connectivity index (χ3n) is 9.85. The Balaban J connectivity index is 1.15. The zero-order valence-corrected chi connectivity index (χ0v) is 27.9. The second kappa shape index (κ2) is 10.9. The maximum Gasteiger partial charge on any atom is 0.167 e. The highest BCUT2D eigenvalue weighted by atomic mass is 32.1. The maximum absolute atomic E-state index is 6.79. The number of rotatable bonds is 4. The summed E-state index contributed by atoms with van der Waals surface area (Å²) in [5.74, 6) is 1.81. The first-order valence-electron chi connectivity index (χ1n) is 16.9. The van der Waals surface area contributed by atoms with Crippen LogP contribution in [0.4, 0.5) is 0 Å². The summed E-state index contributed by atoms with van der Waals surface area (Å²) in [6.45, 7) is 0. The van der Waals surface area contributed by atoms with Gasteiger partial charge in [0.1, 0.15) is 11.2 Å². The molecule has 11 aromatic rings. The number of hydrogen-bond donors (Lipinski definition) is 0. The second-order valence-electron chi connectivity index (χ2n) is 12.8. The number of aromatic nitrogens is 4. The number of nitrogens with zero attached hydrogens (tertiary/aromatic N) is 4. The molecule has 0 aliphatic rings. The van der Waals surface area contributed by atoms with Crippen molar-refractivity contribution in [2.24, 2.45) is 0 Å². The Morgan fingerprint density at radius 3 is 1.98 bits per heavy atom. The molecule has 238 valence electrons. The first kappa shape index (κ1) is 28.2. The van der Waals surface area contributed by atoms with Gasteiger partial charge in [-0.2, -0.15) is 0 Å². The Bertz CT molecular complexity index is 3140. The summed E-state index contributed by atoms with van der Waals surface area (Å²) >= 11 is 1.80. The highest BCUT2D eigenvalue weighted by molar-refractivity contribution is 7.25. The highest BCUT2D eigenvalue weighted by Gasteiger charge is 2.20. The summed E-state index contributed by atoms with van der Waals surface area (Å²) < 4.78 is 11.6. The summed E-state index contributed by atoms with van der Waals surface area (Å²) in [4.78, 5) is 15.3. The largest absolute Gasteiger partial charge is 0.455 e. The third-order valence-corrected chi connectivity index (χ3v) is 11.0. The van der Waals surface area contributed by atoms with Gasteiger partial charge in [0.05, 0.1) is 16.6 Å². The predicted molar refractivity (Wildman–Crippen MR) is 211 cm³/mol. The van der Waals surface area contributed by atoms with Crippen LogP contribution >= 0.6 is 11.3 Å². The number of furan rings is 1. The Morgan fingerprint density at radius 2 is 1.12 bits per heavy atom. The topological polar surface area (TPSA) is 56.7 Å². The predicted octanol–water partition coefficient (Wildman–Crippen LogP) is 12.2. The summed E-state index contributed by atoms with van der Waals surface area (Å²) in [7, 11) is 0. The molecule has 6 heteroatoms. The minimum atomic E-state index is 0.572. The molecular formula is C45H26N4OS. The summed E-state index contributed by atoms with van der Waals surface area (Å²) in [6, 6.07) is 54.9. The molecule has 0 fully saturated rings. The van der Waals surface area contributed by atoms with Gasteiger partial charge in [0, 0.05) is 58.5 Å². The molecule has 0 spiro atoms. The molecule has 0 N–H and O–H groups in total. The van der Waals surface area contributed by atoms with E-state index in [0.717, 1.165) is 60.7 Å². The Labute approximate surface area is 295 Å². The normalized spacial score (nSPS) is 11.9. The first-order chi connectivity index (χ1) is 25.3. The minimum Gasteiger partial charge on any atom is -0.455 e. The molecule has 0 bridgehead atoms. The Morgan fingerprint density at radius 1 is 0.431 bits per heavy atom. The molecule has 4 heterocycles. The SMILES string of the molecule is c1ccc(-c2nc(-c3ccc4sc5ccccc5c4c3)nc(-c3cccc4c3oc3cc5c6ccccc6n(-c6ccccc6)c5cc34)n2)cc1. The van der Waals surface area contributed by atoms with Gasteiger partial charge in [-0.05, 0) is 60.7 Å². The van der Waals surface area contributed by atoms with Crippen LogP contribution < -0.4 is 0 Å². The van der Waals surface area contributed by atoms with Crippen LogP contribution in [0.5, 0.6) is 0 Å². The number of benzene rings is 7. The average molecular weight is 671 g/mol. The van der Waals surface area contributed by atoms with E-state index in [0.29, 0.717) is 17.5 Å². The van der Waals surface area contributed by atoms with E-state index >= 15 is 0 Å². The number of hydrogen-bond acceptors (Lipinski definition) is 5. The van der Waals surface area contributed by atoms with Crippen molar-refractivity contribution in [1.29, 1.82) is 0 Å². The lowest BCUT2D eigenvalue weighted by molar-refractivity contribution is 0.670. The summed E-state index contributed by atoms with van der Waals surface area (Å²) in [5, 5.41) is 6.84. The van der Waals surface area contributed by atoms with Gasteiger partial charge in [0.25, 0.3) is 0 Å². The van der Waals surface area contributed by atoms with Gasteiger partial charge in [0.2, 0.25) is 0 Å². The molecule has 0 saturated heterocycles. The van der Waals surface area contributed by atoms with Crippen LogP contribution in [0.3, 0.4) is 0 Å². The Kier molecular flexibility index (Phi) is 6.05. The van der Waals surface area contributed by atoms with Crippen molar-refractivity contribution in [2.75, 3.05) is 0 Å². The van der Waals surface area contributed by atoms with Gasteiger partial charge < -0.3 is 8.98 Å². The van der Waals surface area contributed by atoms with E-state index in [2.05, 4.69) is 126 Å². The van der Waals surface area contributed by atoms with Gasteiger partial charge in [0.15, 0.2) is 17.5 Å². The van der Waals surface area contributed by atoms with Crippen LogP contribution in [0.25, 0.3) is 104 Å². The quantitative estimate of drug-likeness (QED) is 0.187. The summed E-state index contributed by atoms with van der Waals surface area (Å²) in [5.41, 5.74) is 7.70. The fourth-order valence-corrected chi connectivity index (χ4v) is 8.58. The standard InChI is InChI=1S/C45H26N4OS/c1-3-12-27(13-4-1)43-46-44(28-22-23-41-36(24-28)31-17-8-10-21-40(31)51-41)48-45(47-43)33-19-11-18-32-35-25-38-34(26-39(35)50-42(32)33)30-16-7-9-20-37(30)49(38)29-14-5-2-6-15-29/h1-26H. The molecule has 4 aromatic heterocycles. The zero-order chi connectivity index (χ0) is 33.5. The maximum atomic E-state index is 6.79. The minimum absolute atomic E-state index is 0.572. The van der Waals surface area contributed by atoms with Crippen LogP contribution in [-0.4, -0.2) is 19.5 Å². The van der Waals surface area contributed by atoms with Gasteiger partial charge in [-0.3, -0.25) is 0 Å². The molecule has 5 nitrogen and oxygen atoms in total. The van der Waals surface area contributed by atoms with Gasteiger partial charge >= 0.3 is 0 Å². The molecular weight excluding hydrogens is 645 g/mol. The van der Waals surface area contributed by atoms with Crippen molar-refractivity contribution in [1.82, 2.24) is 19.5 Å². The van der Waals surface area contributed by atoms with E-state index in [9.17, 15) is 0 Å². The molecule has 0 atom stereocenters. The van der Waals surface area contributed by atoms with E-state index in [1.807, 2.05) is 36.4 Å². The zero-order valence-electron chi connectivity index (χ0n) is 27.1. The van der Waals surface area contributed by atoms with Crippen LogP contribution in [0.2, 0.25) is 0 Å². The number of para-hydroxylation sites is 3. The summed E-state index contributed by atoms with van der Waals surface area (Å²) in [6.07, 6.45) is 0. The van der Waals surface area contributed by atoms with Crippen LogP contribution in [0, 0.1) is 0 Å². The first-order valence-corrected chi connectivity index (χ1v) is 17.8. The monoisotopic (exact) mass is 670 g/mol. The second-order valence-corrected chi connectivity index (χ2v) is 13.9. The lowest BCUT2D eigenvalue weighted by atomic mass is 10.1. The molecule has 51 heavy (non-hydrogen) atoms. The van der Waals surface area contributed by atoms with Crippen molar-refractivity contribution >= 4 is 75.3 Å². The van der Waals surface area contributed by atoms with E-state index in [-0.39, 0.29) is 0 Å². The van der Waals surface area contributed by atoms with Crippen molar-refractivity contribution in [2.45, 2.75) is 0 Å². The molecule has 0 aliphatic heterocycles. The van der Waals surface area contributed by atoms with Crippen LogP contribution in [0.1, 0.15) is 0 Å².